The van der Waals surface area contributed by atoms with Crippen molar-refractivity contribution in [2.24, 2.45) is 0 Å². The van der Waals surface area contributed by atoms with Crippen LogP contribution in [-0.2, 0) is 7.86 Å². The highest BCUT2D eigenvalue weighted by molar-refractivity contribution is 14.1. The van der Waals surface area contributed by atoms with E-state index in [-0.39, 0.29) is 6.92 Å². The second kappa shape index (κ2) is 4.58. The molecule has 0 saturated carbocycles. The van der Waals surface area contributed by atoms with Gasteiger partial charge >= 0.3 is 18.3 Å². The average Bonchev–Trinajstić information content (AvgIpc) is 1.99. The van der Waals surface area contributed by atoms with Crippen molar-refractivity contribution >= 4 is 29.0 Å². The van der Waals surface area contributed by atoms with Gasteiger partial charge in [-0.15, -0.1) is 0 Å². The van der Waals surface area contributed by atoms with E-state index in [0.717, 1.165) is 23.0 Å². The number of alkyl halides is 6. The van der Waals surface area contributed by atoms with Gasteiger partial charge in [0.2, 0.25) is 0 Å². The van der Waals surface area contributed by atoms with E-state index in [2.05, 4.69) is 3.07 Å². The van der Waals surface area contributed by atoms with E-state index in [0.29, 0.717) is 0 Å². The lowest BCUT2D eigenvalue weighted by atomic mass is 10.1. The van der Waals surface area contributed by atoms with Crippen molar-refractivity contribution in [1.82, 2.24) is 0 Å². The molecule has 0 heterocycles. The molecule has 0 unspecified atom stereocenters. The molecular formula is C6H3F6IO2. The third-order valence-electron chi connectivity index (χ3n) is 1.36. The van der Waals surface area contributed by atoms with Crippen LogP contribution in [0.15, 0.2) is 11.1 Å². The van der Waals surface area contributed by atoms with E-state index in [1.165, 1.54) is 0 Å². The molecule has 2 nitrogen and oxygen atoms in total. The first-order valence-corrected chi connectivity index (χ1v) is 4.08. The molecule has 0 aromatic rings. The highest BCUT2D eigenvalue weighted by Gasteiger charge is 2.47. The van der Waals surface area contributed by atoms with Crippen LogP contribution in [-0.4, -0.2) is 18.3 Å². The summed E-state index contributed by atoms with van der Waals surface area (Å²) in [5.74, 6) is -2.07. The fourth-order valence-corrected chi connectivity index (χ4v) is 0.882. The third kappa shape index (κ3) is 3.87. The van der Waals surface area contributed by atoms with Crippen LogP contribution < -0.4 is 0 Å². The second-order valence-electron chi connectivity index (χ2n) is 2.36. The van der Waals surface area contributed by atoms with Gasteiger partial charge in [0.1, 0.15) is 5.57 Å². The molecule has 0 radical (unpaired) electrons. The van der Waals surface area contributed by atoms with E-state index in [4.69, 9.17) is 0 Å². The van der Waals surface area contributed by atoms with Crippen LogP contribution in [0.2, 0.25) is 0 Å². The smallest absolute Gasteiger partial charge is 0.391 e. The SMILES string of the molecule is C/C(=C(/C(=O)OI)C(F)(F)F)C(F)(F)F. The summed E-state index contributed by atoms with van der Waals surface area (Å²) in [6.45, 7) is 0.163. The van der Waals surface area contributed by atoms with Crippen LogP contribution in [0.25, 0.3) is 0 Å². The van der Waals surface area contributed by atoms with Gasteiger partial charge in [0.25, 0.3) is 0 Å². The molecule has 88 valence electrons. The van der Waals surface area contributed by atoms with Crippen molar-refractivity contribution in [3.63, 3.8) is 0 Å². The quantitative estimate of drug-likeness (QED) is 0.413. The zero-order chi connectivity index (χ0) is 12.4. The molecule has 9 heteroatoms. The Morgan fingerprint density at radius 2 is 1.47 bits per heavy atom. The Morgan fingerprint density at radius 1 is 1.07 bits per heavy atom. The summed E-state index contributed by atoms with van der Waals surface area (Å²) in [7, 11) is 0. The van der Waals surface area contributed by atoms with Gasteiger partial charge in [-0.2, -0.15) is 26.3 Å². The fourth-order valence-electron chi connectivity index (χ4n) is 0.662. The molecule has 0 fully saturated rings. The molecule has 0 bridgehead atoms. The molecule has 0 aliphatic heterocycles. The zero-order valence-corrected chi connectivity index (χ0v) is 9.12. The first kappa shape index (κ1) is 14.5. The fraction of sp³-hybridized carbons (Fsp3) is 0.500. The monoisotopic (exact) mass is 348 g/mol. The van der Waals surface area contributed by atoms with Crippen molar-refractivity contribution in [2.75, 3.05) is 0 Å². The molecule has 0 aliphatic rings. The number of allylic oxidation sites excluding steroid dienone is 1. The summed E-state index contributed by atoms with van der Waals surface area (Å²) >= 11 is 0.779. The summed E-state index contributed by atoms with van der Waals surface area (Å²) in [4.78, 5) is 10.5. The Hall–Kier alpha value is -0.480. The van der Waals surface area contributed by atoms with Crippen molar-refractivity contribution in [2.45, 2.75) is 19.3 Å². The van der Waals surface area contributed by atoms with Crippen LogP contribution in [0, 0.1) is 0 Å². The number of carbonyl (C=O) groups excluding carboxylic acids is 1. The Bertz CT molecular complexity index is 289. The Balaban J connectivity index is 5.59. The van der Waals surface area contributed by atoms with Gasteiger partial charge in [-0.1, -0.05) is 0 Å². The maximum atomic E-state index is 12.1. The molecule has 0 aliphatic carbocycles. The molecular weight excluding hydrogens is 345 g/mol. The lowest BCUT2D eigenvalue weighted by molar-refractivity contribution is -0.144. The van der Waals surface area contributed by atoms with Gasteiger partial charge in [0.15, 0.2) is 23.0 Å². The topological polar surface area (TPSA) is 26.3 Å². The third-order valence-corrected chi connectivity index (χ3v) is 1.76. The van der Waals surface area contributed by atoms with E-state index < -0.39 is 29.5 Å². The van der Waals surface area contributed by atoms with Crippen LogP contribution in [0.4, 0.5) is 26.3 Å². The molecule has 0 N–H and O–H groups in total. The molecule has 0 aromatic carbocycles. The number of carbonyl (C=O) groups is 1. The van der Waals surface area contributed by atoms with Crippen LogP contribution in [0.3, 0.4) is 0 Å². The summed E-state index contributed by atoms with van der Waals surface area (Å²) in [5.41, 5.74) is -4.37. The summed E-state index contributed by atoms with van der Waals surface area (Å²) < 4.78 is 75.7. The van der Waals surface area contributed by atoms with Gasteiger partial charge < -0.3 is 3.07 Å². The van der Waals surface area contributed by atoms with Gasteiger partial charge in [-0.05, 0) is 6.92 Å². The van der Waals surface area contributed by atoms with Crippen LogP contribution >= 0.6 is 23.0 Å². The maximum Gasteiger partial charge on any atom is 0.423 e. The number of halogens is 7. The highest BCUT2D eigenvalue weighted by Crippen LogP contribution is 2.36. The lowest BCUT2D eigenvalue weighted by Crippen LogP contribution is -2.26. The Morgan fingerprint density at radius 3 is 1.67 bits per heavy atom. The van der Waals surface area contributed by atoms with E-state index in [1.807, 2.05) is 0 Å². The summed E-state index contributed by atoms with van der Waals surface area (Å²) in [6, 6.07) is 0. The molecule has 0 rings (SSSR count). The van der Waals surface area contributed by atoms with Crippen LogP contribution in [0.1, 0.15) is 6.92 Å². The minimum atomic E-state index is -5.40. The van der Waals surface area contributed by atoms with Crippen molar-refractivity contribution in [1.29, 1.82) is 0 Å². The average molecular weight is 348 g/mol. The molecule has 0 aromatic heterocycles. The molecule has 0 spiro atoms. The van der Waals surface area contributed by atoms with E-state index >= 15 is 0 Å². The van der Waals surface area contributed by atoms with Gasteiger partial charge in [0.05, 0.1) is 0 Å². The Labute approximate surface area is 94.0 Å². The predicted molar refractivity (Wildman–Crippen MR) is 44.9 cm³/mol. The Kier molecular flexibility index (Phi) is 4.43. The summed E-state index contributed by atoms with van der Waals surface area (Å²) in [6.07, 6.45) is -10.6. The second-order valence-corrected chi connectivity index (χ2v) is 2.80. The highest BCUT2D eigenvalue weighted by atomic mass is 127. The number of hydrogen-bond acceptors (Lipinski definition) is 2. The first-order valence-electron chi connectivity index (χ1n) is 3.20. The van der Waals surface area contributed by atoms with Gasteiger partial charge in [-0.25, -0.2) is 4.79 Å². The minimum absolute atomic E-state index is 0.163. The molecule has 0 atom stereocenters. The van der Waals surface area contributed by atoms with Gasteiger partial charge in [-0.3, -0.25) is 0 Å². The standard InChI is InChI=1S/C6H3F6IO2/c1-2(5(7,8)9)3(4(14)15-13)6(10,11)12/h1H3/b3-2+. The van der Waals surface area contributed by atoms with Crippen molar-refractivity contribution < 1.29 is 34.2 Å². The van der Waals surface area contributed by atoms with Crippen molar-refractivity contribution in [3.8, 4) is 0 Å². The van der Waals surface area contributed by atoms with E-state index in [9.17, 15) is 31.1 Å². The molecule has 0 amide bonds. The predicted octanol–water partition coefficient (Wildman–Crippen LogP) is 3.32. The lowest BCUT2D eigenvalue weighted by Gasteiger charge is -2.14. The summed E-state index contributed by atoms with van der Waals surface area (Å²) in [5, 5.41) is 0. The minimum Gasteiger partial charge on any atom is -0.391 e. The van der Waals surface area contributed by atoms with E-state index in [1.54, 1.807) is 0 Å². The van der Waals surface area contributed by atoms with Gasteiger partial charge in [0, 0.05) is 5.57 Å². The zero-order valence-electron chi connectivity index (χ0n) is 6.96. The maximum absolute atomic E-state index is 12.1. The number of hydrogen-bond donors (Lipinski definition) is 0. The largest absolute Gasteiger partial charge is 0.423 e. The molecule has 15 heavy (non-hydrogen) atoms. The van der Waals surface area contributed by atoms with Crippen LogP contribution in [0.5, 0.6) is 0 Å². The number of rotatable bonds is 1. The normalized spacial score (nSPS) is 14.7. The van der Waals surface area contributed by atoms with Crippen molar-refractivity contribution in [3.05, 3.63) is 11.1 Å². The molecule has 0 saturated heterocycles. The first-order chi connectivity index (χ1) is 6.51.